The third-order valence-electron chi connectivity index (χ3n) is 1.58. The van der Waals surface area contributed by atoms with Crippen LogP contribution in [0.2, 0.25) is 0 Å². The van der Waals surface area contributed by atoms with E-state index in [1.54, 1.807) is 7.05 Å². The van der Waals surface area contributed by atoms with Crippen molar-refractivity contribution in [2.75, 3.05) is 24.7 Å². The Bertz CT molecular complexity index is 263. The maximum atomic E-state index is 13.0. The van der Waals surface area contributed by atoms with Crippen LogP contribution in [-0.4, -0.2) is 14.1 Å². The van der Waals surface area contributed by atoms with Gasteiger partial charge in [-0.15, -0.1) is 0 Å². The molecular formula is C8H10F2N2. The van der Waals surface area contributed by atoms with Crippen LogP contribution in [0.1, 0.15) is 0 Å². The molecule has 0 unspecified atom stereocenters. The second-order valence-corrected chi connectivity index (χ2v) is 2.31. The molecule has 0 saturated carbocycles. The lowest BCUT2D eigenvalue weighted by Gasteiger charge is -2.06. The summed E-state index contributed by atoms with van der Waals surface area (Å²) in [7, 11) is 3.08. The Morgan fingerprint density at radius 1 is 1.00 bits per heavy atom. The van der Waals surface area contributed by atoms with E-state index in [1.165, 1.54) is 19.2 Å². The van der Waals surface area contributed by atoms with E-state index in [-0.39, 0.29) is 5.69 Å². The predicted octanol–water partition coefficient (Wildman–Crippen LogP) is 2.05. The van der Waals surface area contributed by atoms with Gasteiger partial charge in [-0.05, 0) is 12.1 Å². The van der Waals surface area contributed by atoms with Gasteiger partial charge in [-0.25, -0.2) is 8.78 Å². The van der Waals surface area contributed by atoms with Crippen molar-refractivity contribution in [3.05, 3.63) is 23.8 Å². The standard InChI is InChI=1S/C8H10F2N2/c1-11-5-3-6(9)8(12-2)7(10)4-5/h3-4,11-12H,1-2H3. The first-order valence-electron chi connectivity index (χ1n) is 3.53. The van der Waals surface area contributed by atoms with Gasteiger partial charge < -0.3 is 10.6 Å². The molecule has 66 valence electrons. The molecule has 4 heteroatoms. The molecule has 0 aliphatic rings. The second kappa shape index (κ2) is 3.38. The van der Waals surface area contributed by atoms with E-state index >= 15 is 0 Å². The Balaban J connectivity index is 3.18. The van der Waals surface area contributed by atoms with Crippen molar-refractivity contribution in [3.8, 4) is 0 Å². The highest BCUT2D eigenvalue weighted by Crippen LogP contribution is 2.22. The van der Waals surface area contributed by atoms with Crippen molar-refractivity contribution in [2.45, 2.75) is 0 Å². The van der Waals surface area contributed by atoms with Crippen LogP contribution >= 0.6 is 0 Å². The normalized spacial score (nSPS) is 9.67. The Hall–Kier alpha value is -1.32. The monoisotopic (exact) mass is 172 g/mol. The zero-order valence-electron chi connectivity index (χ0n) is 6.91. The van der Waals surface area contributed by atoms with Crippen LogP contribution in [0.15, 0.2) is 12.1 Å². The van der Waals surface area contributed by atoms with E-state index in [1.807, 2.05) is 0 Å². The van der Waals surface area contributed by atoms with Gasteiger partial charge >= 0.3 is 0 Å². The number of hydrogen-bond donors (Lipinski definition) is 2. The van der Waals surface area contributed by atoms with Gasteiger partial charge in [0.2, 0.25) is 0 Å². The molecule has 0 spiro atoms. The van der Waals surface area contributed by atoms with Crippen molar-refractivity contribution in [1.82, 2.24) is 0 Å². The highest BCUT2D eigenvalue weighted by Gasteiger charge is 2.07. The minimum absolute atomic E-state index is 0.103. The predicted molar refractivity (Wildman–Crippen MR) is 45.5 cm³/mol. The maximum Gasteiger partial charge on any atom is 0.151 e. The van der Waals surface area contributed by atoms with E-state index in [0.29, 0.717) is 5.69 Å². The van der Waals surface area contributed by atoms with Crippen molar-refractivity contribution in [2.24, 2.45) is 0 Å². The fourth-order valence-electron chi connectivity index (χ4n) is 0.956. The minimum atomic E-state index is -0.596. The summed E-state index contributed by atoms with van der Waals surface area (Å²) in [4.78, 5) is 0. The molecule has 0 aliphatic carbocycles. The van der Waals surface area contributed by atoms with Crippen molar-refractivity contribution < 1.29 is 8.78 Å². The lowest BCUT2D eigenvalue weighted by atomic mass is 10.2. The Kier molecular flexibility index (Phi) is 2.47. The van der Waals surface area contributed by atoms with Gasteiger partial charge in [0.25, 0.3) is 0 Å². The molecule has 0 atom stereocenters. The van der Waals surface area contributed by atoms with Crippen LogP contribution in [0.25, 0.3) is 0 Å². The fraction of sp³-hybridized carbons (Fsp3) is 0.250. The summed E-state index contributed by atoms with van der Waals surface area (Å²) in [6, 6.07) is 2.46. The minimum Gasteiger partial charge on any atom is -0.388 e. The first kappa shape index (κ1) is 8.77. The van der Waals surface area contributed by atoms with Gasteiger partial charge in [-0.1, -0.05) is 0 Å². The van der Waals surface area contributed by atoms with Crippen LogP contribution < -0.4 is 10.6 Å². The summed E-state index contributed by atoms with van der Waals surface area (Å²) >= 11 is 0. The number of benzene rings is 1. The van der Waals surface area contributed by atoms with E-state index in [2.05, 4.69) is 10.6 Å². The van der Waals surface area contributed by atoms with Crippen LogP contribution in [0.4, 0.5) is 20.2 Å². The van der Waals surface area contributed by atoms with Crippen molar-refractivity contribution in [3.63, 3.8) is 0 Å². The van der Waals surface area contributed by atoms with Crippen LogP contribution in [-0.2, 0) is 0 Å². The molecule has 0 aromatic heterocycles. The summed E-state index contributed by atoms with van der Waals surface area (Å²) in [5.41, 5.74) is 0.318. The van der Waals surface area contributed by atoms with Crippen molar-refractivity contribution in [1.29, 1.82) is 0 Å². The molecule has 1 aromatic rings. The summed E-state index contributed by atoms with van der Waals surface area (Å²) in [5.74, 6) is -1.19. The maximum absolute atomic E-state index is 13.0. The zero-order chi connectivity index (χ0) is 9.14. The van der Waals surface area contributed by atoms with Gasteiger partial charge in [0.05, 0.1) is 0 Å². The summed E-state index contributed by atoms with van der Waals surface area (Å²) in [5, 5.41) is 5.09. The SMILES string of the molecule is CNc1cc(F)c(NC)c(F)c1. The molecule has 1 rings (SSSR count). The van der Waals surface area contributed by atoms with Crippen molar-refractivity contribution >= 4 is 11.4 Å². The van der Waals surface area contributed by atoms with E-state index in [9.17, 15) is 8.78 Å². The molecule has 0 fully saturated rings. The smallest absolute Gasteiger partial charge is 0.151 e. The molecule has 2 nitrogen and oxygen atoms in total. The number of halogens is 2. The quantitative estimate of drug-likeness (QED) is 0.713. The lowest BCUT2D eigenvalue weighted by Crippen LogP contribution is -1.98. The first-order valence-corrected chi connectivity index (χ1v) is 3.53. The number of rotatable bonds is 2. The van der Waals surface area contributed by atoms with Gasteiger partial charge in [-0.3, -0.25) is 0 Å². The number of anilines is 2. The average Bonchev–Trinajstić information content (AvgIpc) is 2.03. The first-order chi connectivity index (χ1) is 5.69. The van der Waals surface area contributed by atoms with Crippen LogP contribution in [0, 0.1) is 11.6 Å². The summed E-state index contributed by atoms with van der Waals surface area (Å²) in [6.45, 7) is 0. The molecule has 0 aliphatic heterocycles. The van der Waals surface area contributed by atoms with E-state index in [4.69, 9.17) is 0 Å². The average molecular weight is 172 g/mol. The highest BCUT2D eigenvalue weighted by atomic mass is 19.1. The van der Waals surface area contributed by atoms with Gasteiger partial charge in [0.15, 0.2) is 11.6 Å². The zero-order valence-corrected chi connectivity index (χ0v) is 6.91. The van der Waals surface area contributed by atoms with Gasteiger partial charge in [0, 0.05) is 19.8 Å². The third-order valence-corrected chi connectivity index (χ3v) is 1.58. The van der Waals surface area contributed by atoms with E-state index in [0.717, 1.165) is 0 Å². The molecular weight excluding hydrogens is 162 g/mol. The topological polar surface area (TPSA) is 24.1 Å². The molecule has 2 N–H and O–H groups in total. The molecule has 12 heavy (non-hydrogen) atoms. The fourth-order valence-corrected chi connectivity index (χ4v) is 0.956. The summed E-state index contributed by atoms with van der Waals surface area (Å²) in [6.07, 6.45) is 0. The Labute approximate surface area is 69.6 Å². The molecule has 0 amide bonds. The molecule has 0 bridgehead atoms. The Morgan fingerprint density at radius 3 is 1.83 bits per heavy atom. The largest absolute Gasteiger partial charge is 0.388 e. The van der Waals surface area contributed by atoms with Gasteiger partial charge in [-0.2, -0.15) is 0 Å². The molecule has 0 radical (unpaired) electrons. The van der Waals surface area contributed by atoms with Crippen LogP contribution in [0.3, 0.4) is 0 Å². The lowest BCUT2D eigenvalue weighted by molar-refractivity contribution is 0.591. The second-order valence-electron chi connectivity index (χ2n) is 2.31. The molecule has 1 aromatic carbocycles. The van der Waals surface area contributed by atoms with E-state index < -0.39 is 11.6 Å². The van der Waals surface area contributed by atoms with Crippen LogP contribution in [0.5, 0.6) is 0 Å². The molecule has 0 heterocycles. The highest BCUT2D eigenvalue weighted by molar-refractivity contribution is 5.55. The van der Waals surface area contributed by atoms with Gasteiger partial charge in [0.1, 0.15) is 5.69 Å². The molecule has 0 saturated heterocycles. The Morgan fingerprint density at radius 2 is 1.50 bits per heavy atom. The summed E-state index contributed by atoms with van der Waals surface area (Å²) < 4.78 is 25.9. The third kappa shape index (κ3) is 1.47. The number of nitrogens with one attached hydrogen (secondary N) is 2. The number of hydrogen-bond acceptors (Lipinski definition) is 2.